The summed E-state index contributed by atoms with van der Waals surface area (Å²) in [4.78, 5) is 7.61. The zero-order valence-corrected chi connectivity index (χ0v) is 9.17. The molecule has 4 nitrogen and oxygen atoms in total. The Morgan fingerprint density at radius 1 is 1.35 bits per heavy atom. The van der Waals surface area contributed by atoms with Crippen LogP contribution in [0.15, 0.2) is 36.8 Å². The first-order chi connectivity index (χ1) is 8.22. The fourth-order valence-corrected chi connectivity index (χ4v) is 1.48. The maximum atomic E-state index is 13.7. The van der Waals surface area contributed by atoms with Crippen molar-refractivity contribution in [3.8, 4) is 5.75 Å². The topological polar surface area (TPSA) is 55.2 Å². The average Bonchev–Trinajstić information content (AvgIpc) is 2.39. The van der Waals surface area contributed by atoms with Gasteiger partial charge in [0.2, 0.25) is 0 Å². The van der Waals surface area contributed by atoms with E-state index in [1.807, 2.05) is 0 Å². The third-order valence-electron chi connectivity index (χ3n) is 2.39. The Labute approximate surface area is 97.7 Å². The number of aromatic nitrogens is 2. The lowest BCUT2D eigenvalue weighted by Gasteiger charge is -2.11. The van der Waals surface area contributed by atoms with Gasteiger partial charge in [0.1, 0.15) is 24.0 Å². The number of aliphatic hydroxyl groups is 1. The highest BCUT2D eigenvalue weighted by atomic mass is 19.1. The van der Waals surface area contributed by atoms with Crippen molar-refractivity contribution in [1.29, 1.82) is 0 Å². The van der Waals surface area contributed by atoms with E-state index in [2.05, 4.69) is 9.97 Å². The van der Waals surface area contributed by atoms with Crippen molar-refractivity contribution in [2.45, 2.75) is 6.10 Å². The molecule has 0 saturated heterocycles. The number of hydrogen-bond donors (Lipinski definition) is 1. The third kappa shape index (κ3) is 2.39. The quantitative estimate of drug-likeness (QED) is 0.878. The van der Waals surface area contributed by atoms with E-state index in [0.29, 0.717) is 11.4 Å². The van der Waals surface area contributed by atoms with Gasteiger partial charge in [0.05, 0.1) is 12.8 Å². The summed E-state index contributed by atoms with van der Waals surface area (Å²) >= 11 is 0. The van der Waals surface area contributed by atoms with E-state index < -0.39 is 11.9 Å². The van der Waals surface area contributed by atoms with Gasteiger partial charge in [-0.2, -0.15) is 0 Å². The van der Waals surface area contributed by atoms with Crippen LogP contribution in [-0.2, 0) is 0 Å². The largest absolute Gasteiger partial charge is 0.497 e. The zero-order chi connectivity index (χ0) is 12.3. The number of halogens is 1. The number of rotatable bonds is 3. The molecule has 0 fully saturated rings. The Morgan fingerprint density at radius 3 is 2.76 bits per heavy atom. The highest BCUT2D eigenvalue weighted by Gasteiger charge is 2.16. The summed E-state index contributed by atoms with van der Waals surface area (Å²) in [5.41, 5.74) is 0.508. The second-order valence-electron chi connectivity index (χ2n) is 3.42. The van der Waals surface area contributed by atoms with Crippen LogP contribution in [0.3, 0.4) is 0 Å². The molecule has 1 unspecified atom stereocenters. The second-order valence-corrected chi connectivity index (χ2v) is 3.42. The van der Waals surface area contributed by atoms with Gasteiger partial charge in [-0.15, -0.1) is 0 Å². The molecular formula is C12H11FN2O2. The van der Waals surface area contributed by atoms with Crippen molar-refractivity contribution in [2.75, 3.05) is 7.11 Å². The van der Waals surface area contributed by atoms with E-state index in [9.17, 15) is 9.50 Å². The molecular weight excluding hydrogens is 223 g/mol. The third-order valence-corrected chi connectivity index (χ3v) is 2.39. The number of nitrogens with zero attached hydrogens (tertiary/aromatic N) is 2. The molecule has 2 rings (SSSR count). The van der Waals surface area contributed by atoms with Crippen LogP contribution < -0.4 is 4.74 Å². The number of benzene rings is 1. The van der Waals surface area contributed by atoms with Crippen LogP contribution in [0.1, 0.15) is 17.4 Å². The molecule has 1 aromatic heterocycles. The summed E-state index contributed by atoms with van der Waals surface area (Å²) in [5, 5.41) is 9.97. The van der Waals surface area contributed by atoms with Crippen LogP contribution >= 0.6 is 0 Å². The van der Waals surface area contributed by atoms with Gasteiger partial charge in [-0.1, -0.05) is 0 Å². The molecule has 0 saturated carbocycles. The molecule has 0 bridgehead atoms. The van der Waals surface area contributed by atoms with E-state index in [1.165, 1.54) is 37.8 Å². The molecule has 0 aliphatic carbocycles. The first-order valence-corrected chi connectivity index (χ1v) is 5.00. The summed E-state index contributed by atoms with van der Waals surface area (Å²) in [7, 11) is 1.45. The van der Waals surface area contributed by atoms with Gasteiger partial charge in [-0.05, 0) is 18.2 Å². The summed E-state index contributed by atoms with van der Waals surface area (Å²) in [6, 6.07) is 5.82. The fourth-order valence-electron chi connectivity index (χ4n) is 1.48. The zero-order valence-electron chi connectivity index (χ0n) is 9.17. The summed E-state index contributed by atoms with van der Waals surface area (Å²) in [6.07, 6.45) is 1.69. The first-order valence-electron chi connectivity index (χ1n) is 5.00. The van der Waals surface area contributed by atoms with Crippen molar-refractivity contribution in [3.63, 3.8) is 0 Å². The monoisotopic (exact) mass is 234 g/mol. The molecule has 0 aliphatic rings. The maximum Gasteiger partial charge on any atom is 0.133 e. The normalized spacial score (nSPS) is 12.2. The second kappa shape index (κ2) is 4.88. The standard InChI is InChI=1S/C12H11FN2O2/c1-17-8-2-3-9(10(13)6-8)12(16)11-4-5-14-7-15-11/h2-7,12,16H,1H3. The van der Waals surface area contributed by atoms with E-state index in [4.69, 9.17) is 4.74 Å². The lowest BCUT2D eigenvalue weighted by molar-refractivity contribution is 0.209. The molecule has 0 amide bonds. The Balaban J connectivity index is 2.34. The minimum atomic E-state index is -1.11. The minimum absolute atomic E-state index is 0.157. The average molecular weight is 234 g/mol. The van der Waals surface area contributed by atoms with Gasteiger partial charge in [-0.25, -0.2) is 14.4 Å². The van der Waals surface area contributed by atoms with Crippen molar-refractivity contribution in [2.24, 2.45) is 0 Å². The molecule has 5 heteroatoms. The Morgan fingerprint density at radius 2 is 2.18 bits per heavy atom. The number of aliphatic hydroxyl groups excluding tert-OH is 1. The lowest BCUT2D eigenvalue weighted by atomic mass is 10.1. The van der Waals surface area contributed by atoms with Gasteiger partial charge >= 0.3 is 0 Å². The Hall–Kier alpha value is -2.01. The van der Waals surface area contributed by atoms with Crippen LogP contribution in [0.5, 0.6) is 5.75 Å². The smallest absolute Gasteiger partial charge is 0.133 e. The van der Waals surface area contributed by atoms with Crippen LogP contribution in [0.4, 0.5) is 4.39 Å². The lowest BCUT2D eigenvalue weighted by Crippen LogP contribution is -2.05. The predicted molar refractivity (Wildman–Crippen MR) is 59.0 cm³/mol. The van der Waals surface area contributed by atoms with Gasteiger partial charge in [0.25, 0.3) is 0 Å². The molecule has 1 N–H and O–H groups in total. The predicted octanol–water partition coefficient (Wildman–Crippen LogP) is 1.71. The SMILES string of the molecule is COc1ccc(C(O)c2ccncn2)c(F)c1. The number of hydrogen-bond acceptors (Lipinski definition) is 4. The summed E-state index contributed by atoms with van der Waals surface area (Å²) in [6.45, 7) is 0. The van der Waals surface area contributed by atoms with Crippen LogP contribution in [0.25, 0.3) is 0 Å². The summed E-state index contributed by atoms with van der Waals surface area (Å²) < 4.78 is 18.6. The first kappa shape index (κ1) is 11.5. The summed E-state index contributed by atoms with van der Waals surface area (Å²) in [5.74, 6) is -0.128. The molecule has 0 radical (unpaired) electrons. The molecule has 1 aromatic carbocycles. The number of methoxy groups -OCH3 is 1. The van der Waals surface area contributed by atoms with Gasteiger partial charge < -0.3 is 9.84 Å². The van der Waals surface area contributed by atoms with Crippen molar-refractivity contribution < 1.29 is 14.2 Å². The Bertz CT molecular complexity index is 505. The van der Waals surface area contributed by atoms with Crippen LogP contribution in [-0.4, -0.2) is 22.2 Å². The van der Waals surface area contributed by atoms with Crippen molar-refractivity contribution in [3.05, 3.63) is 53.9 Å². The van der Waals surface area contributed by atoms with Crippen molar-refractivity contribution in [1.82, 2.24) is 9.97 Å². The van der Waals surface area contributed by atoms with Crippen LogP contribution in [0.2, 0.25) is 0 Å². The molecule has 17 heavy (non-hydrogen) atoms. The molecule has 88 valence electrons. The van der Waals surface area contributed by atoms with E-state index >= 15 is 0 Å². The van der Waals surface area contributed by atoms with Crippen molar-refractivity contribution >= 4 is 0 Å². The highest BCUT2D eigenvalue weighted by Crippen LogP contribution is 2.25. The Kier molecular flexibility index (Phi) is 3.30. The van der Waals surface area contributed by atoms with E-state index in [0.717, 1.165) is 0 Å². The molecule has 1 heterocycles. The maximum absolute atomic E-state index is 13.7. The van der Waals surface area contributed by atoms with Crippen LogP contribution in [0, 0.1) is 5.82 Å². The molecule has 1 atom stereocenters. The van der Waals surface area contributed by atoms with E-state index in [-0.39, 0.29) is 5.56 Å². The minimum Gasteiger partial charge on any atom is -0.497 e. The molecule has 0 spiro atoms. The van der Waals surface area contributed by atoms with Gasteiger partial charge in [-0.3, -0.25) is 0 Å². The fraction of sp³-hybridized carbons (Fsp3) is 0.167. The van der Waals surface area contributed by atoms with Gasteiger partial charge in [0, 0.05) is 17.8 Å². The van der Waals surface area contributed by atoms with E-state index in [1.54, 1.807) is 6.07 Å². The number of ether oxygens (including phenoxy) is 1. The van der Waals surface area contributed by atoms with Gasteiger partial charge in [0.15, 0.2) is 0 Å². The highest BCUT2D eigenvalue weighted by molar-refractivity contribution is 5.33. The molecule has 2 aromatic rings. The molecule has 0 aliphatic heterocycles.